The SMILES string of the molecule is Cl.O=C(CCOc1ccccc1)N1CCNCC1. The molecule has 0 aromatic heterocycles. The van der Waals surface area contributed by atoms with Gasteiger partial charge in [0.25, 0.3) is 0 Å². The topological polar surface area (TPSA) is 41.6 Å². The minimum atomic E-state index is 0. The summed E-state index contributed by atoms with van der Waals surface area (Å²) in [6.07, 6.45) is 0.453. The molecule has 4 nitrogen and oxygen atoms in total. The van der Waals surface area contributed by atoms with Gasteiger partial charge in [0.05, 0.1) is 13.0 Å². The largest absolute Gasteiger partial charge is 0.493 e. The number of halogens is 1. The summed E-state index contributed by atoms with van der Waals surface area (Å²) in [5, 5.41) is 3.23. The maximum Gasteiger partial charge on any atom is 0.226 e. The lowest BCUT2D eigenvalue weighted by atomic mass is 10.3. The fourth-order valence-corrected chi connectivity index (χ4v) is 1.85. The predicted octanol–water partition coefficient (Wildman–Crippen LogP) is 1.31. The number of hydrogen-bond donors (Lipinski definition) is 1. The van der Waals surface area contributed by atoms with Crippen LogP contribution in [0.15, 0.2) is 30.3 Å². The van der Waals surface area contributed by atoms with Crippen molar-refractivity contribution in [3.63, 3.8) is 0 Å². The number of rotatable bonds is 4. The second-order valence-electron chi connectivity index (χ2n) is 4.04. The zero-order valence-corrected chi connectivity index (χ0v) is 11.1. The van der Waals surface area contributed by atoms with E-state index in [-0.39, 0.29) is 18.3 Å². The molecule has 0 radical (unpaired) electrons. The zero-order valence-electron chi connectivity index (χ0n) is 10.3. The quantitative estimate of drug-likeness (QED) is 0.897. The highest BCUT2D eigenvalue weighted by Crippen LogP contribution is 2.08. The molecule has 0 bridgehead atoms. The van der Waals surface area contributed by atoms with Crippen LogP contribution in [0.5, 0.6) is 5.75 Å². The second-order valence-corrected chi connectivity index (χ2v) is 4.04. The Morgan fingerprint density at radius 1 is 1.22 bits per heavy atom. The van der Waals surface area contributed by atoms with Crippen LogP contribution < -0.4 is 10.1 Å². The third-order valence-corrected chi connectivity index (χ3v) is 2.80. The van der Waals surface area contributed by atoms with Gasteiger partial charge in [0.1, 0.15) is 5.75 Å². The van der Waals surface area contributed by atoms with Gasteiger partial charge in [-0.05, 0) is 12.1 Å². The predicted molar refractivity (Wildman–Crippen MR) is 73.3 cm³/mol. The van der Waals surface area contributed by atoms with Gasteiger partial charge in [-0.2, -0.15) is 0 Å². The number of ether oxygens (including phenoxy) is 1. The summed E-state index contributed by atoms with van der Waals surface area (Å²) in [6, 6.07) is 9.59. The molecule has 2 rings (SSSR count). The van der Waals surface area contributed by atoms with E-state index < -0.39 is 0 Å². The van der Waals surface area contributed by atoms with Gasteiger partial charge >= 0.3 is 0 Å². The average molecular weight is 271 g/mol. The molecule has 1 aromatic carbocycles. The normalized spacial score (nSPS) is 14.8. The molecule has 0 spiro atoms. The summed E-state index contributed by atoms with van der Waals surface area (Å²) < 4.78 is 5.50. The molecular formula is C13H19ClN2O2. The number of nitrogens with one attached hydrogen (secondary N) is 1. The van der Waals surface area contributed by atoms with Crippen LogP contribution in [0.3, 0.4) is 0 Å². The van der Waals surface area contributed by atoms with Gasteiger partial charge in [0, 0.05) is 26.2 Å². The van der Waals surface area contributed by atoms with E-state index in [0.717, 1.165) is 31.9 Å². The number of hydrogen-bond acceptors (Lipinski definition) is 3. The van der Waals surface area contributed by atoms with Crippen LogP contribution in [0, 0.1) is 0 Å². The first-order chi connectivity index (χ1) is 8.36. The Morgan fingerprint density at radius 3 is 2.56 bits per heavy atom. The fourth-order valence-electron chi connectivity index (χ4n) is 1.85. The molecule has 1 saturated heterocycles. The molecule has 100 valence electrons. The number of nitrogens with zero attached hydrogens (tertiary/aromatic N) is 1. The van der Waals surface area contributed by atoms with Gasteiger partial charge < -0.3 is 15.0 Å². The lowest BCUT2D eigenvalue weighted by Gasteiger charge is -2.27. The standard InChI is InChI=1S/C13H18N2O2.ClH/c16-13(15-9-7-14-8-10-15)6-11-17-12-4-2-1-3-5-12;/h1-5,14H,6-11H2;1H. The van der Waals surface area contributed by atoms with E-state index in [1.807, 2.05) is 35.2 Å². The number of piperazine rings is 1. The molecule has 18 heavy (non-hydrogen) atoms. The van der Waals surface area contributed by atoms with Crippen LogP contribution in [0.25, 0.3) is 0 Å². The smallest absolute Gasteiger partial charge is 0.226 e. The highest BCUT2D eigenvalue weighted by molar-refractivity contribution is 5.85. The minimum Gasteiger partial charge on any atom is -0.493 e. The first kappa shape index (κ1) is 14.8. The summed E-state index contributed by atoms with van der Waals surface area (Å²) in [7, 11) is 0. The zero-order chi connectivity index (χ0) is 11.9. The Kier molecular flexibility index (Phi) is 6.54. The van der Waals surface area contributed by atoms with Crippen molar-refractivity contribution in [1.29, 1.82) is 0 Å². The lowest BCUT2D eigenvalue weighted by Crippen LogP contribution is -2.46. The molecule has 5 heteroatoms. The molecule has 1 aliphatic heterocycles. The maximum absolute atomic E-state index is 11.8. The number of benzene rings is 1. The summed E-state index contributed by atoms with van der Waals surface area (Å²) >= 11 is 0. The Balaban J connectivity index is 0.00000162. The van der Waals surface area contributed by atoms with Gasteiger partial charge in [0.2, 0.25) is 5.91 Å². The highest BCUT2D eigenvalue weighted by atomic mass is 35.5. The highest BCUT2D eigenvalue weighted by Gasteiger charge is 2.15. The van der Waals surface area contributed by atoms with Crippen molar-refractivity contribution in [2.45, 2.75) is 6.42 Å². The molecule has 1 fully saturated rings. The van der Waals surface area contributed by atoms with Gasteiger partial charge in [-0.1, -0.05) is 18.2 Å². The molecule has 0 aliphatic carbocycles. The molecule has 0 unspecified atom stereocenters. The van der Waals surface area contributed by atoms with Crippen LogP contribution in [-0.2, 0) is 4.79 Å². The maximum atomic E-state index is 11.8. The van der Waals surface area contributed by atoms with Crippen molar-refractivity contribution in [1.82, 2.24) is 10.2 Å². The summed E-state index contributed by atoms with van der Waals surface area (Å²) in [4.78, 5) is 13.7. The number of amides is 1. The van der Waals surface area contributed by atoms with Gasteiger partial charge in [-0.15, -0.1) is 12.4 Å². The van der Waals surface area contributed by atoms with E-state index in [1.54, 1.807) is 0 Å². The van der Waals surface area contributed by atoms with Crippen molar-refractivity contribution >= 4 is 18.3 Å². The molecule has 1 aliphatic rings. The summed E-state index contributed by atoms with van der Waals surface area (Å²) in [5.74, 6) is 1.00. The number of carbonyl (C=O) groups excluding carboxylic acids is 1. The van der Waals surface area contributed by atoms with Crippen LogP contribution >= 0.6 is 12.4 Å². The molecule has 0 saturated carbocycles. The monoisotopic (exact) mass is 270 g/mol. The second kappa shape index (κ2) is 7.95. The Morgan fingerprint density at radius 2 is 1.89 bits per heavy atom. The summed E-state index contributed by atoms with van der Waals surface area (Å²) in [5.41, 5.74) is 0. The van der Waals surface area contributed by atoms with Crippen molar-refractivity contribution in [2.75, 3.05) is 32.8 Å². The van der Waals surface area contributed by atoms with E-state index in [9.17, 15) is 4.79 Å². The van der Waals surface area contributed by atoms with Crippen molar-refractivity contribution in [3.05, 3.63) is 30.3 Å². The third-order valence-electron chi connectivity index (χ3n) is 2.80. The van der Waals surface area contributed by atoms with Crippen molar-refractivity contribution in [3.8, 4) is 5.75 Å². The number of carbonyl (C=O) groups is 1. The summed E-state index contributed by atoms with van der Waals surface area (Å²) in [6.45, 7) is 3.86. The van der Waals surface area contributed by atoms with E-state index in [2.05, 4.69) is 5.32 Å². The lowest BCUT2D eigenvalue weighted by molar-refractivity contribution is -0.132. The van der Waals surface area contributed by atoms with E-state index in [1.165, 1.54) is 0 Å². The molecule has 1 heterocycles. The van der Waals surface area contributed by atoms with Crippen molar-refractivity contribution in [2.24, 2.45) is 0 Å². The van der Waals surface area contributed by atoms with E-state index >= 15 is 0 Å². The third kappa shape index (κ3) is 4.55. The van der Waals surface area contributed by atoms with Gasteiger partial charge in [-0.25, -0.2) is 0 Å². The first-order valence-electron chi connectivity index (χ1n) is 6.02. The van der Waals surface area contributed by atoms with E-state index in [4.69, 9.17) is 4.74 Å². The Hall–Kier alpha value is -1.26. The first-order valence-corrected chi connectivity index (χ1v) is 6.02. The Bertz CT molecular complexity index is 353. The Labute approximate surface area is 114 Å². The molecule has 0 atom stereocenters. The number of para-hydroxylation sites is 1. The molecule has 1 aromatic rings. The van der Waals surface area contributed by atoms with Gasteiger partial charge in [-0.3, -0.25) is 4.79 Å². The average Bonchev–Trinajstić information content (AvgIpc) is 2.41. The van der Waals surface area contributed by atoms with Crippen LogP contribution in [-0.4, -0.2) is 43.6 Å². The fraction of sp³-hybridized carbons (Fsp3) is 0.462. The van der Waals surface area contributed by atoms with Crippen LogP contribution in [0.2, 0.25) is 0 Å². The molecule has 1 N–H and O–H groups in total. The van der Waals surface area contributed by atoms with Gasteiger partial charge in [0.15, 0.2) is 0 Å². The van der Waals surface area contributed by atoms with Crippen molar-refractivity contribution < 1.29 is 9.53 Å². The minimum absolute atomic E-state index is 0. The van der Waals surface area contributed by atoms with Crippen LogP contribution in [0.4, 0.5) is 0 Å². The van der Waals surface area contributed by atoms with E-state index in [0.29, 0.717) is 13.0 Å². The molecule has 1 amide bonds. The molecular weight excluding hydrogens is 252 g/mol. The van der Waals surface area contributed by atoms with Crippen LogP contribution in [0.1, 0.15) is 6.42 Å².